The molecule has 6 heteroatoms. The number of hydrogen-bond donors (Lipinski definition) is 2. The maximum absolute atomic E-state index is 14.0. The minimum absolute atomic E-state index is 0.0888. The van der Waals surface area contributed by atoms with Gasteiger partial charge in [-0.05, 0) is 36.2 Å². The van der Waals surface area contributed by atoms with Crippen LogP contribution < -0.4 is 20.1 Å². The maximum atomic E-state index is 14.0. The fourth-order valence-corrected chi connectivity index (χ4v) is 3.16. The van der Waals surface area contributed by atoms with Crippen LogP contribution in [0.3, 0.4) is 0 Å². The van der Waals surface area contributed by atoms with E-state index in [9.17, 15) is 9.18 Å². The SMILES string of the molecule is COc1cccc(CNc2cccc(C(=O)NCC(C)C)c2)c1OCc1ccccc1F. The number of hydrogen-bond acceptors (Lipinski definition) is 4. The van der Waals surface area contributed by atoms with Gasteiger partial charge in [-0.15, -0.1) is 0 Å². The average Bonchev–Trinajstić information content (AvgIpc) is 2.81. The Hall–Kier alpha value is -3.54. The van der Waals surface area contributed by atoms with Crippen LogP contribution in [0.4, 0.5) is 10.1 Å². The lowest BCUT2D eigenvalue weighted by Gasteiger charge is -2.16. The quantitative estimate of drug-likeness (QED) is 0.446. The molecule has 0 heterocycles. The summed E-state index contributed by atoms with van der Waals surface area (Å²) in [5.74, 6) is 1.10. The van der Waals surface area contributed by atoms with Gasteiger partial charge in [-0.2, -0.15) is 0 Å². The lowest BCUT2D eigenvalue weighted by Crippen LogP contribution is -2.27. The first-order valence-corrected chi connectivity index (χ1v) is 10.6. The van der Waals surface area contributed by atoms with Gasteiger partial charge in [0.1, 0.15) is 12.4 Å². The summed E-state index contributed by atoms with van der Waals surface area (Å²) in [5, 5.41) is 6.26. The predicted molar refractivity (Wildman–Crippen MR) is 125 cm³/mol. The van der Waals surface area contributed by atoms with Crippen molar-refractivity contribution in [3.05, 3.63) is 89.2 Å². The molecule has 0 aliphatic heterocycles. The number of methoxy groups -OCH3 is 1. The molecule has 0 unspecified atom stereocenters. The largest absolute Gasteiger partial charge is 0.493 e. The Balaban J connectivity index is 1.72. The van der Waals surface area contributed by atoms with Gasteiger partial charge in [-0.1, -0.05) is 50.2 Å². The molecule has 0 saturated heterocycles. The summed E-state index contributed by atoms with van der Waals surface area (Å²) in [6.45, 7) is 5.27. The van der Waals surface area contributed by atoms with Crippen LogP contribution in [0.5, 0.6) is 11.5 Å². The fraction of sp³-hybridized carbons (Fsp3) is 0.269. The molecular formula is C26H29FN2O3. The van der Waals surface area contributed by atoms with Gasteiger partial charge in [0.25, 0.3) is 5.91 Å². The van der Waals surface area contributed by atoms with E-state index in [0.29, 0.717) is 41.6 Å². The third kappa shape index (κ3) is 6.23. The zero-order valence-electron chi connectivity index (χ0n) is 18.7. The summed E-state index contributed by atoms with van der Waals surface area (Å²) in [5.41, 5.74) is 2.73. The second kappa shape index (κ2) is 11.2. The Morgan fingerprint density at radius 1 is 1.00 bits per heavy atom. The number of anilines is 1. The molecule has 0 aliphatic carbocycles. The average molecular weight is 437 g/mol. The molecule has 5 nitrogen and oxygen atoms in total. The zero-order valence-corrected chi connectivity index (χ0v) is 18.7. The Kier molecular flexibility index (Phi) is 8.08. The highest BCUT2D eigenvalue weighted by molar-refractivity contribution is 5.95. The van der Waals surface area contributed by atoms with Gasteiger partial charge in [-0.3, -0.25) is 4.79 Å². The summed E-state index contributed by atoms with van der Waals surface area (Å²) >= 11 is 0. The van der Waals surface area contributed by atoms with E-state index in [1.165, 1.54) is 6.07 Å². The van der Waals surface area contributed by atoms with Crippen molar-refractivity contribution in [2.24, 2.45) is 5.92 Å². The molecule has 0 bridgehead atoms. The molecule has 1 amide bonds. The van der Waals surface area contributed by atoms with E-state index in [1.807, 2.05) is 30.3 Å². The standard InChI is InChI=1S/C26H29FN2O3/c1-18(2)15-29-26(30)19-9-6-11-22(14-19)28-16-20-10-7-13-24(31-3)25(20)32-17-21-8-4-5-12-23(21)27/h4-14,18,28H,15-17H2,1-3H3,(H,29,30). The van der Waals surface area contributed by atoms with Gasteiger partial charge in [0.2, 0.25) is 0 Å². The van der Waals surface area contributed by atoms with Crippen LogP contribution in [0.1, 0.15) is 35.3 Å². The highest BCUT2D eigenvalue weighted by atomic mass is 19.1. The smallest absolute Gasteiger partial charge is 0.251 e. The van der Waals surface area contributed by atoms with E-state index in [0.717, 1.165) is 11.3 Å². The molecule has 32 heavy (non-hydrogen) atoms. The molecule has 0 spiro atoms. The molecule has 0 fully saturated rings. The predicted octanol–water partition coefficient (Wildman–Crippen LogP) is 5.41. The van der Waals surface area contributed by atoms with Gasteiger partial charge in [0.15, 0.2) is 11.5 Å². The number of nitrogens with one attached hydrogen (secondary N) is 2. The second-order valence-corrected chi connectivity index (χ2v) is 7.87. The third-order valence-electron chi connectivity index (χ3n) is 4.89. The molecule has 2 N–H and O–H groups in total. The van der Waals surface area contributed by atoms with Crippen molar-refractivity contribution in [3.8, 4) is 11.5 Å². The molecule has 0 atom stereocenters. The van der Waals surface area contributed by atoms with Crippen LogP contribution in [0, 0.1) is 11.7 Å². The van der Waals surface area contributed by atoms with Crippen LogP contribution in [0.25, 0.3) is 0 Å². The van der Waals surface area contributed by atoms with Crippen LogP contribution in [-0.4, -0.2) is 19.6 Å². The van der Waals surface area contributed by atoms with Gasteiger partial charge in [0, 0.05) is 35.5 Å². The lowest BCUT2D eigenvalue weighted by molar-refractivity contribution is 0.0949. The summed E-state index contributed by atoms with van der Waals surface area (Å²) in [4.78, 5) is 12.4. The first-order chi connectivity index (χ1) is 15.5. The minimum atomic E-state index is -0.311. The van der Waals surface area contributed by atoms with Crippen molar-refractivity contribution in [2.45, 2.75) is 27.0 Å². The number of benzene rings is 3. The number of carbonyl (C=O) groups is 1. The number of amides is 1. The monoisotopic (exact) mass is 436 g/mol. The molecule has 0 aromatic heterocycles. The fourth-order valence-electron chi connectivity index (χ4n) is 3.16. The number of ether oxygens (including phenoxy) is 2. The molecule has 168 valence electrons. The third-order valence-corrected chi connectivity index (χ3v) is 4.89. The highest BCUT2D eigenvalue weighted by Crippen LogP contribution is 2.32. The second-order valence-electron chi connectivity index (χ2n) is 7.87. The van der Waals surface area contributed by atoms with Gasteiger partial charge < -0.3 is 20.1 Å². The minimum Gasteiger partial charge on any atom is -0.493 e. The first-order valence-electron chi connectivity index (χ1n) is 10.6. The van der Waals surface area contributed by atoms with Crippen LogP contribution in [0.15, 0.2) is 66.7 Å². The lowest BCUT2D eigenvalue weighted by atomic mass is 10.1. The van der Waals surface area contributed by atoms with Crippen LogP contribution in [0.2, 0.25) is 0 Å². The van der Waals surface area contributed by atoms with Crippen molar-refractivity contribution in [3.63, 3.8) is 0 Å². The van der Waals surface area contributed by atoms with E-state index in [1.54, 1.807) is 37.4 Å². The Labute approximate surface area is 188 Å². The van der Waals surface area contributed by atoms with E-state index < -0.39 is 0 Å². The highest BCUT2D eigenvalue weighted by Gasteiger charge is 2.13. The van der Waals surface area contributed by atoms with Crippen molar-refractivity contribution < 1.29 is 18.7 Å². The zero-order chi connectivity index (χ0) is 22.9. The topological polar surface area (TPSA) is 59.6 Å². The molecule has 0 saturated carbocycles. The first kappa shape index (κ1) is 23.1. The van der Waals surface area contributed by atoms with Crippen molar-refractivity contribution >= 4 is 11.6 Å². The molecule has 3 aromatic rings. The van der Waals surface area contributed by atoms with Crippen LogP contribution >= 0.6 is 0 Å². The number of para-hydroxylation sites is 1. The van der Waals surface area contributed by atoms with Crippen molar-refractivity contribution in [1.82, 2.24) is 5.32 Å². The number of rotatable bonds is 10. The molecule has 3 aromatic carbocycles. The molecule has 0 radical (unpaired) electrons. The van der Waals surface area contributed by atoms with Gasteiger partial charge in [0.05, 0.1) is 7.11 Å². The van der Waals surface area contributed by atoms with E-state index in [-0.39, 0.29) is 18.3 Å². The Morgan fingerprint density at radius 3 is 2.50 bits per heavy atom. The van der Waals surface area contributed by atoms with E-state index >= 15 is 0 Å². The van der Waals surface area contributed by atoms with Gasteiger partial charge >= 0.3 is 0 Å². The normalized spacial score (nSPS) is 10.7. The number of halogens is 1. The van der Waals surface area contributed by atoms with Crippen molar-refractivity contribution in [2.75, 3.05) is 19.0 Å². The van der Waals surface area contributed by atoms with E-state index in [4.69, 9.17) is 9.47 Å². The molecular weight excluding hydrogens is 407 g/mol. The van der Waals surface area contributed by atoms with Crippen LogP contribution in [-0.2, 0) is 13.2 Å². The molecule has 3 rings (SSSR count). The summed E-state index contributed by atoms with van der Waals surface area (Å²) in [6, 6.07) is 19.5. The Bertz CT molecular complexity index is 1050. The van der Waals surface area contributed by atoms with Crippen molar-refractivity contribution in [1.29, 1.82) is 0 Å². The summed E-state index contributed by atoms with van der Waals surface area (Å²) in [6.07, 6.45) is 0. The molecule has 0 aliphatic rings. The van der Waals surface area contributed by atoms with E-state index in [2.05, 4.69) is 24.5 Å². The summed E-state index contributed by atoms with van der Waals surface area (Å²) < 4.78 is 25.4. The Morgan fingerprint density at radius 2 is 1.75 bits per heavy atom. The number of carbonyl (C=O) groups excluding carboxylic acids is 1. The van der Waals surface area contributed by atoms with Gasteiger partial charge in [-0.25, -0.2) is 4.39 Å². The summed E-state index contributed by atoms with van der Waals surface area (Å²) in [7, 11) is 1.57. The maximum Gasteiger partial charge on any atom is 0.251 e.